The number of hydrogen-bond donors (Lipinski definition) is 2. The highest BCUT2D eigenvalue weighted by Gasteiger charge is 2.21. The number of nitrogens with one attached hydrogen (secondary N) is 2. The Bertz CT molecular complexity index is 861. The maximum atomic E-state index is 12.6. The van der Waals surface area contributed by atoms with Crippen molar-refractivity contribution in [2.24, 2.45) is 5.92 Å². The van der Waals surface area contributed by atoms with Crippen molar-refractivity contribution >= 4 is 15.7 Å². The Hall–Kier alpha value is -2.18. The Labute approximate surface area is 155 Å². The molecule has 2 N–H and O–H groups in total. The van der Waals surface area contributed by atoms with Crippen LogP contribution in [0.3, 0.4) is 0 Å². The van der Waals surface area contributed by atoms with Gasteiger partial charge in [0.1, 0.15) is 0 Å². The maximum Gasteiger partial charge on any atom is 0.224 e. The smallest absolute Gasteiger partial charge is 0.224 e. The molecule has 0 fully saturated rings. The second-order valence-corrected chi connectivity index (χ2v) is 8.67. The fourth-order valence-electron chi connectivity index (χ4n) is 2.73. The summed E-state index contributed by atoms with van der Waals surface area (Å²) in [6, 6.07) is 14.2. The highest BCUT2D eigenvalue weighted by molar-refractivity contribution is 7.90. The third-order valence-electron chi connectivity index (χ3n) is 4.27. The Morgan fingerprint density at radius 1 is 1.08 bits per heavy atom. The molecule has 140 valence electrons. The van der Waals surface area contributed by atoms with E-state index in [0.717, 1.165) is 16.7 Å². The molecule has 0 heterocycles. The van der Waals surface area contributed by atoms with Crippen LogP contribution in [0.15, 0.2) is 53.4 Å². The predicted molar refractivity (Wildman–Crippen MR) is 104 cm³/mol. The fraction of sp³-hybridized carbons (Fsp3) is 0.350. The van der Waals surface area contributed by atoms with Gasteiger partial charge in [-0.05, 0) is 37.2 Å². The van der Waals surface area contributed by atoms with Crippen molar-refractivity contribution in [1.29, 1.82) is 0 Å². The molecule has 0 saturated heterocycles. The monoisotopic (exact) mass is 374 g/mol. The minimum absolute atomic E-state index is 0.0883. The molecule has 26 heavy (non-hydrogen) atoms. The van der Waals surface area contributed by atoms with Gasteiger partial charge >= 0.3 is 0 Å². The van der Waals surface area contributed by atoms with Crippen LogP contribution < -0.4 is 10.6 Å². The van der Waals surface area contributed by atoms with E-state index in [1.165, 1.54) is 6.26 Å². The molecule has 2 aromatic carbocycles. The van der Waals surface area contributed by atoms with Gasteiger partial charge in [-0.15, -0.1) is 0 Å². The van der Waals surface area contributed by atoms with E-state index in [1.807, 2.05) is 44.2 Å². The maximum absolute atomic E-state index is 12.6. The third kappa shape index (κ3) is 5.16. The Morgan fingerprint density at radius 2 is 1.73 bits per heavy atom. The number of carbonyl (C=O) groups is 1. The van der Waals surface area contributed by atoms with Gasteiger partial charge in [0.2, 0.25) is 5.91 Å². The van der Waals surface area contributed by atoms with Gasteiger partial charge in [0.25, 0.3) is 0 Å². The van der Waals surface area contributed by atoms with Gasteiger partial charge in [0.15, 0.2) is 9.84 Å². The summed E-state index contributed by atoms with van der Waals surface area (Å²) in [5.41, 5.74) is 2.76. The summed E-state index contributed by atoms with van der Waals surface area (Å²) < 4.78 is 23.8. The average Bonchev–Trinajstić information content (AvgIpc) is 2.60. The largest absolute Gasteiger partial charge is 0.345 e. The molecule has 6 heteroatoms. The van der Waals surface area contributed by atoms with E-state index >= 15 is 0 Å². The zero-order chi connectivity index (χ0) is 19.3. The molecular formula is C20H26N2O3S. The van der Waals surface area contributed by atoms with Gasteiger partial charge in [-0.2, -0.15) is 0 Å². The fourth-order valence-corrected chi connectivity index (χ4v) is 3.40. The van der Waals surface area contributed by atoms with Crippen LogP contribution in [0.1, 0.15) is 29.7 Å². The SMILES string of the molecule is CNCC(C)C(=O)NC(c1ccc(C)cc1)c1cccc(S(C)(=O)=O)c1. The molecule has 2 unspecified atom stereocenters. The van der Waals surface area contributed by atoms with Crippen LogP contribution in [0.5, 0.6) is 0 Å². The van der Waals surface area contributed by atoms with Crippen molar-refractivity contribution in [2.75, 3.05) is 19.8 Å². The summed E-state index contributed by atoms with van der Waals surface area (Å²) in [6.45, 7) is 4.41. The first-order valence-corrected chi connectivity index (χ1v) is 10.4. The first kappa shape index (κ1) is 20.1. The number of sulfone groups is 1. The van der Waals surface area contributed by atoms with E-state index in [4.69, 9.17) is 0 Å². The van der Waals surface area contributed by atoms with E-state index in [9.17, 15) is 13.2 Å². The topological polar surface area (TPSA) is 75.3 Å². The highest BCUT2D eigenvalue weighted by Crippen LogP contribution is 2.25. The summed E-state index contributed by atoms with van der Waals surface area (Å²) in [5, 5.41) is 6.06. The molecule has 1 amide bonds. The number of carbonyl (C=O) groups excluding carboxylic acids is 1. The number of rotatable bonds is 7. The molecule has 0 aliphatic rings. The number of amides is 1. The Balaban J connectivity index is 2.44. The van der Waals surface area contributed by atoms with Crippen LogP contribution in [-0.2, 0) is 14.6 Å². The molecule has 0 spiro atoms. The Morgan fingerprint density at radius 3 is 2.31 bits per heavy atom. The minimum atomic E-state index is -3.32. The number of aryl methyl sites for hydroxylation is 1. The van der Waals surface area contributed by atoms with E-state index in [2.05, 4.69) is 10.6 Å². The zero-order valence-corrected chi connectivity index (χ0v) is 16.4. The molecule has 5 nitrogen and oxygen atoms in total. The van der Waals surface area contributed by atoms with Crippen LogP contribution in [0.4, 0.5) is 0 Å². The van der Waals surface area contributed by atoms with Crippen LogP contribution in [0.2, 0.25) is 0 Å². The lowest BCUT2D eigenvalue weighted by atomic mass is 9.97. The van der Waals surface area contributed by atoms with E-state index in [0.29, 0.717) is 6.54 Å². The summed E-state index contributed by atoms with van der Waals surface area (Å²) in [5.74, 6) is -0.291. The number of hydrogen-bond acceptors (Lipinski definition) is 4. The van der Waals surface area contributed by atoms with Crippen molar-refractivity contribution in [2.45, 2.75) is 24.8 Å². The minimum Gasteiger partial charge on any atom is -0.345 e. The lowest BCUT2D eigenvalue weighted by Gasteiger charge is -2.23. The van der Waals surface area contributed by atoms with Crippen molar-refractivity contribution in [3.63, 3.8) is 0 Å². The average molecular weight is 375 g/mol. The second-order valence-electron chi connectivity index (χ2n) is 6.66. The van der Waals surface area contributed by atoms with Crippen molar-refractivity contribution < 1.29 is 13.2 Å². The summed E-state index contributed by atoms with van der Waals surface area (Å²) in [6.07, 6.45) is 1.18. The van der Waals surface area contributed by atoms with Crippen LogP contribution in [0.25, 0.3) is 0 Å². The number of benzene rings is 2. The van der Waals surface area contributed by atoms with Crippen molar-refractivity contribution in [3.8, 4) is 0 Å². The quantitative estimate of drug-likeness (QED) is 0.781. The van der Waals surface area contributed by atoms with Crippen LogP contribution in [-0.4, -0.2) is 34.2 Å². The zero-order valence-electron chi connectivity index (χ0n) is 15.6. The van der Waals surface area contributed by atoms with Crippen molar-refractivity contribution in [3.05, 3.63) is 65.2 Å². The van der Waals surface area contributed by atoms with Crippen LogP contribution in [0, 0.1) is 12.8 Å². The molecule has 0 aromatic heterocycles. The molecule has 0 radical (unpaired) electrons. The van der Waals surface area contributed by atoms with Crippen molar-refractivity contribution in [1.82, 2.24) is 10.6 Å². The molecule has 0 saturated carbocycles. The second kappa shape index (κ2) is 8.47. The van der Waals surface area contributed by atoms with Gasteiger partial charge in [0.05, 0.1) is 10.9 Å². The molecule has 0 aliphatic carbocycles. The summed E-state index contributed by atoms with van der Waals surface area (Å²) in [7, 11) is -1.52. The van der Waals surface area contributed by atoms with Gasteiger partial charge in [-0.1, -0.05) is 48.9 Å². The highest BCUT2D eigenvalue weighted by atomic mass is 32.2. The van der Waals surface area contributed by atoms with E-state index < -0.39 is 15.9 Å². The van der Waals surface area contributed by atoms with Crippen LogP contribution >= 0.6 is 0 Å². The normalized spacial score (nSPS) is 13.8. The lowest BCUT2D eigenvalue weighted by molar-refractivity contribution is -0.124. The first-order valence-electron chi connectivity index (χ1n) is 8.54. The first-order chi connectivity index (χ1) is 12.2. The summed E-state index contributed by atoms with van der Waals surface area (Å²) >= 11 is 0. The van der Waals surface area contributed by atoms with Gasteiger partial charge in [0, 0.05) is 18.7 Å². The summed E-state index contributed by atoms with van der Waals surface area (Å²) in [4.78, 5) is 12.8. The molecule has 0 bridgehead atoms. The van der Waals surface area contributed by atoms with Gasteiger partial charge in [-0.3, -0.25) is 4.79 Å². The molecule has 0 aliphatic heterocycles. The predicted octanol–water partition coefficient (Wildman–Crippen LogP) is 2.46. The van der Waals surface area contributed by atoms with E-state index in [-0.39, 0.29) is 16.7 Å². The Kier molecular flexibility index (Phi) is 6.56. The standard InChI is InChI=1S/C20H26N2O3S/c1-14-8-10-16(11-9-14)19(22-20(23)15(2)13-21-3)17-6-5-7-18(12-17)26(4,24)25/h5-12,15,19,21H,13H2,1-4H3,(H,22,23). The lowest BCUT2D eigenvalue weighted by Crippen LogP contribution is -2.37. The molecular weight excluding hydrogens is 348 g/mol. The third-order valence-corrected chi connectivity index (χ3v) is 5.38. The molecule has 2 atom stereocenters. The molecule has 2 rings (SSSR count). The molecule has 2 aromatic rings. The van der Waals surface area contributed by atoms with Gasteiger partial charge in [-0.25, -0.2) is 8.42 Å². The van der Waals surface area contributed by atoms with Gasteiger partial charge < -0.3 is 10.6 Å². The van der Waals surface area contributed by atoms with E-state index in [1.54, 1.807) is 25.2 Å².